The summed E-state index contributed by atoms with van der Waals surface area (Å²) in [4.78, 5) is 11.3. The normalized spacial score (nSPS) is 15.0. The molecule has 0 atom stereocenters. The molecule has 18 heteroatoms. The van der Waals surface area contributed by atoms with Gasteiger partial charge in [0.25, 0.3) is 0 Å². The minimum Gasteiger partial charge on any atom is -0.320 e. The fraction of sp³-hybridized carbons (Fsp3) is 0.500. The molecule has 1 aromatic rings. The van der Waals surface area contributed by atoms with E-state index in [1.54, 1.807) is 0 Å². The van der Waals surface area contributed by atoms with E-state index in [1.165, 1.54) is 0 Å². The molecule has 0 spiro atoms. The predicted molar refractivity (Wildman–Crippen MR) is 70.9 cm³/mol. The van der Waals surface area contributed by atoms with E-state index in [1.807, 2.05) is 0 Å². The van der Waals surface area contributed by atoms with Crippen LogP contribution in [0.5, 0.6) is 0 Å². The minimum atomic E-state index is -8.25. The molecule has 0 aromatic heterocycles. The largest absolute Gasteiger partial charge is 0.460 e. The topological polar surface area (TPSA) is 29.1 Å². The molecule has 1 rings (SSSR count). The number of hydrogen-bond donors (Lipinski definition) is 1. The van der Waals surface area contributed by atoms with E-state index in [0.717, 1.165) is 0 Å². The highest BCUT2D eigenvalue weighted by Crippen LogP contribution is 2.60. The van der Waals surface area contributed by atoms with Crippen LogP contribution in [-0.4, -0.2) is 41.7 Å². The molecule has 32 heavy (non-hydrogen) atoms. The summed E-state index contributed by atoms with van der Waals surface area (Å²) in [6.07, 6.45) is -13.1. The molecule has 1 N–H and O–H groups in total. The number of nitrogens with one attached hydrogen (secondary N) is 1. The number of halogens is 16. The average molecular weight is 507 g/mol. The van der Waals surface area contributed by atoms with Crippen LogP contribution in [-0.2, 0) is 11.0 Å². The number of para-hydroxylation sites is 1. The van der Waals surface area contributed by atoms with E-state index in [0.29, 0.717) is 17.4 Å². The van der Waals surface area contributed by atoms with Crippen molar-refractivity contribution in [2.75, 3.05) is 5.32 Å². The van der Waals surface area contributed by atoms with Gasteiger partial charge in [-0.1, -0.05) is 12.1 Å². The molecule has 1 amide bonds. The van der Waals surface area contributed by atoms with Crippen LogP contribution in [0, 0.1) is 0 Å². The van der Waals surface area contributed by atoms with Gasteiger partial charge >= 0.3 is 47.9 Å². The van der Waals surface area contributed by atoms with Crippen molar-refractivity contribution in [3.8, 4) is 0 Å². The maximum Gasteiger partial charge on any atom is 0.460 e. The van der Waals surface area contributed by atoms with Crippen molar-refractivity contribution < 1.29 is 75.0 Å². The van der Waals surface area contributed by atoms with Crippen molar-refractivity contribution in [2.24, 2.45) is 0 Å². The highest BCUT2D eigenvalue weighted by molar-refractivity contribution is 5.97. The van der Waals surface area contributed by atoms with Crippen LogP contribution >= 0.6 is 0 Å². The summed E-state index contributed by atoms with van der Waals surface area (Å²) in [5.74, 6) is -43.5. The highest BCUT2D eigenvalue weighted by atomic mass is 19.4. The summed E-state index contributed by atoms with van der Waals surface area (Å²) < 4.78 is 207. The number of carbonyl (C=O) groups is 1. The third-order valence-corrected chi connectivity index (χ3v) is 3.70. The third-order valence-electron chi connectivity index (χ3n) is 3.70. The van der Waals surface area contributed by atoms with Gasteiger partial charge in [0.1, 0.15) is 0 Å². The lowest BCUT2D eigenvalue weighted by Gasteiger charge is -2.39. The van der Waals surface area contributed by atoms with Crippen LogP contribution in [0.4, 0.5) is 75.9 Å². The van der Waals surface area contributed by atoms with Crippen molar-refractivity contribution in [1.29, 1.82) is 0 Å². The zero-order valence-electron chi connectivity index (χ0n) is 14.3. The second-order valence-corrected chi connectivity index (χ2v) is 5.87. The van der Waals surface area contributed by atoms with Gasteiger partial charge in [-0.25, -0.2) is 0 Å². The van der Waals surface area contributed by atoms with Gasteiger partial charge in [-0.2, -0.15) is 70.2 Å². The molecule has 0 saturated heterocycles. The summed E-state index contributed by atoms with van der Waals surface area (Å²) >= 11 is 0. The summed E-state index contributed by atoms with van der Waals surface area (Å²) in [5, 5.41) is 0.379. The van der Waals surface area contributed by atoms with Gasteiger partial charge in [0.05, 0.1) is 11.3 Å². The Morgan fingerprint density at radius 3 is 1.41 bits per heavy atom. The molecule has 0 aliphatic heterocycles. The average Bonchev–Trinajstić information content (AvgIpc) is 2.59. The van der Waals surface area contributed by atoms with Crippen LogP contribution in [0.3, 0.4) is 0 Å². The Labute approximate surface area is 165 Å². The maximum atomic E-state index is 13.6. The Morgan fingerprint density at radius 2 is 1.00 bits per heavy atom. The summed E-state index contributed by atoms with van der Waals surface area (Å²) in [6, 6.07) is 1.35. The first-order chi connectivity index (χ1) is 13.9. The van der Waals surface area contributed by atoms with Gasteiger partial charge in [-0.05, 0) is 12.1 Å². The SMILES string of the molecule is O=C(Nc1ccccc1C(F)(F)F)C(F)(F)C(F)(F)C(F)(F)C(F)(F)C(F)(F)C(F)(F)F. The van der Waals surface area contributed by atoms with E-state index >= 15 is 0 Å². The fourth-order valence-corrected chi connectivity index (χ4v) is 1.95. The smallest absolute Gasteiger partial charge is 0.320 e. The molecule has 0 aliphatic carbocycles. The molecule has 0 unspecified atom stereocenters. The van der Waals surface area contributed by atoms with Crippen molar-refractivity contribution in [2.45, 2.75) is 42.0 Å². The molecule has 0 heterocycles. The molecule has 0 bridgehead atoms. The van der Waals surface area contributed by atoms with E-state index in [2.05, 4.69) is 0 Å². The molecule has 0 fully saturated rings. The van der Waals surface area contributed by atoms with Gasteiger partial charge in [0, 0.05) is 0 Å². The molecule has 0 aliphatic rings. The Hall–Kier alpha value is -2.43. The van der Waals surface area contributed by atoms with Crippen LogP contribution in [0.1, 0.15) is 5.56 Å². The Bertz CT molecular complexity index is 853. The number of hydrogen-bond acceptors (Lipinski definition) is 1. The van der Waals surface area contributed by atoms with Gasteiger partial charge in [-0.3, -0.25) is 4.79 Å². The first kappa shape index (κ1) is 27.6. The quantitative estimate of drug-likeness (QED) is 0.445. The van der Waals surface area contributed by atoms with Crippen molar-refractivity contribution in [3.05, 3.63) is 29.8 Å². The lowest BCUT2D eigenvalue weighted by Crippen LogP contribution is -2.71. The minimum absolute atomic E-state index is 0.0680. The maximum absolute atomic E-state index is 13.6. The van der Waals surface area contributed by atoms with Gasteiger partial charge in [0.15, 0.2) is 0 Å². The Kier molecular flexibility index (Phi) is 6.53. The molecule has 1 aromatic carbocycles. The molecular weight excluding hydrogens is 502 g/mol. The lowest BCUT2D eigenvalue weighted by atomic mass is 9.93. The Balaban J connectivity index is 3.48. The second-order valence-electron chi connectivity index (χ2n) is 5.87. The summed E-state index contributed by atoms with van der Waals surface area (Å²) in [5.41, 5.74) is -3.80. The van der Waals surface area contributed by atoms with E-state index in [9.17, 15) is 75.0 Å². The summed E-state index contributed by atoms with van der Waals surface area (Å²) in [7, 11) is 0. The van der Waals surface area contributed by atoms with E-state index in [4.69, 9.17) is 0 Å². The van der Waals surface area contributed by atoms with Crippen molar-refractivity contribution in [1.82, 2.24) is 0 Å². The number of alkyl halides is 16. The standard InChI is InChI=1S/C14H5F16NO/c15-8(16,7(32)31-6-4-2-1-3-5(6)9(17,18)19)10(20,21)11(22,23)12(24,25)13(26,27)14(28,29)30/h1-4H,(H,31,32). The molecule has 0 saturated carbocycles. The van der Waals surface area contributed by atoms with Gasteiger partial charge < -0.3 is 5.32 Å². The van der Waals surface area contributed by atoms with Crippen LogP contribution in [0.25, 0.3) is 0 Å². The predicted octanol–water partition coefficient (Wildman–Crippen LogP) is 6.38. The second kappa shape index (κ2) is 7.57. The van der Waals surface area contributed by atoms with Crippen molar-refractivity contribution >= 4 is 11.6 Å². The van der Waals surface area contributed by atoms with E-state index < -0.39 is 59.1 Å². The highest BCUT2D eigenvalue weighted by Gasteiger charge is 2.91. The van der Waals surface area contributed by atoms with E-state index in [-0.39, 0.29) is 12.1 Å². The third kappa shape index (κ3) is 4.02. The molecule has 2 nitrogen and oxygen atoms in total. The Morgan fingerprint density at radius 1 is 0.594 bits per heavy atom. The first-order valence-corrected chi connectivity index (χ1v) is 7.31. The number of rotatable bonds is 6. The number of anilines is 1. The summed E-state index contributed by atoms with van der Waals surface area (Å²) in [6.45, 7) is 0. The molecule has 184 valence electrons. The number of benzene rings is 1. The van der Waals surface area contributed by atoms with Crippen LogP contribution < -0.4 is 5.32 Å². The molecule has 0 radical (unpaired) electrons. The first-order valence-electron chi connectivity index (χ1n) is 7.31. The lowest BCUT2D eigenvalue weighted by molar-refractivity contribution is -0.435. The van der Waals surface area contributed by atoms with Crippen LogP contribution in [0.2, 0.25) is 0 Å². The van der Waals surface area contributed by atoms with Crippen LogP contribution in [0.15, 0.2) is 24.3 Å². The molecular formula is C14H5F16NO. The monoisotopic (exact) mass is 507 g/mol. The number of carbonyl (C=O) groups excluding carboxylic acids is 1. The number of amides is 1. The van der Waals surface area contributed by atoms with Crippen molar-refractivity contribution in [3.63, 3.8) is 0 Å². The zero-order valence-corrected chi connectivity index (χ0v) is 14.3. The van der Waals surface area contributed by atoms with Gasteiger partial charge in [-0.15, -0.1) is 0 Å². The zero-order chi connectivity index (χ0) is 25.8. The fourth-order valence-electron chi connectivity index (χ4n) is 1.95. The van der Waals surface area contributed by atoms with Gasteiger partial charge in [0.2, 0.25) is 0 Å².